The Kier molecular flexibility index (Phi) is 7.15. The van der Waals surface area contributed by atoms with Gasteiger partial charge >= 0.3 is 0 Å². The zero-order chi connectivity index (χ0) is 15.8. The Hall–Kier alpha value is -1.62. The molecule has 2 N–H and O–H groups in total. The first kappa shape index (κ1) is 17.4. The largest absolute Gasteiger partial charge is 0.356 e. The Labute approximate surface area is 127 Å². The van der Waals surface area contributed by atoms with Gasteiger partial charge in [0.2, 0.25) is 0 Å². The molecule has 5 heteroatoms. The van der Waals surface area contributed by atoms with Gasteiger partial charge in [-0.1, -0.05) is 19.9 Å². The van der Waals surface area contributed by atoms with Gasteiger partial charge in [-0.3, -0.25) is 4.99 Å². The number of nitrogens with zero attached hydrogens (tertiary/aromatic N) is 2. The van der Waals surface area contributed by atoms with E-state index in [4.69, 9.17) is 0 Å². The van der Waals surface area contributed by atoms with Crippen molar-refractivity contribution in [1.82, 2.24) is 15.5 Å². The topological polar surface area (TPSA) is 39.7 Å². The van der Waals surface area contributed by atoms with Crippen LogP contribution >= 0.6 is 0 Å². The summed E-state index contributed by atoms with van der Waals surface area (Å²) in [5, 5.41) is 6.50. The number of nitrogens with one attached hydrogen (secondary N) is 2. The second-order valence-corrected chi connectivity index (χ2v) is 5.86. The molecule has 1 aromatic carbocycles. The van der Waals surface area contributed by atoms with E-state index in [1.807, 2.05) is 25.1 Å². The number of benzene rings is 1. The van der Waals surface area contributed by atoms with Crippen LogP contribution in [0.25, 0.3) is 0 Å². The van der Waals surface area contributed by atoms with Crippen molar-refractivity contribution >= 4 is 5.96 Å². The lowest BCUT2D eigenvalue weighted by Gasteiger charge is -2.15. The van der Waals surface area contributed by atoms with Crippen molar-refractivity contribution < 1.29 is 4.39 Å². The molecule has 0 fully saturated rings. The third-order valence-corrected chi connectivity index (χ3v) is 2.96. The summed E-state index contributed by atoms with van der Waals surface area (Å²) in [7, 11) is 5.61. The zero-order valence-electron chi connectivity index (χ0n) is 13.7. The molecule has 0 radical (unpaired) electrons. The van der Waals surface area contributed by atoms with E-state index in [2.05, 4.69) is 29.5 Å². The summed E-state index contributed by atoms with van der Waals surface area (Å²) in [5.74, 6) is 1.16. The Bertz CT molecular complexity index is 469. The Morgan fingerprint density at radius 1 is 1.29 bits per heavy atom. The van der Waals surface area contributed by atoms with E-state index in [0.717, 1.165) is 18.1 Å². The van der Waals surface area contributed by atoms with Crippen molar-refractivity contribution in [3.63, 3.8) is 0 Å². The van der Waals surface area contributed by atoms with Gasteiger partial charge in [-0.25, -0.2) is 4.39 Å². The van der Waals surface area contributed by atoms with Crippen LogP contribution in [-0.2, 0) is 13.1 Å². The van der Waals surface area contributed by atoms with Gasteiger partial charge in [0.15, 0.2) is 5.96 Å². The minimum Gasteiger partial charge on any atom is -0.356 e. The van der Waals surface area contributed by atoms with Crippen molar-refractivity contribution in [2.75, 3.05) is 27.7 Å². The minimum atomic E-state index is -0.158. The number of hydrogen-bond acceptors (Lipinski definition) is 2. The molecule has 1 aromatic rings. The third-order valence-electron chi connectivity index (χ3n) is 2.96. The smallest absolute Gasteiger partial charge is 0.191 e. The van der Waals surface area contributed by atoms with Crippen LogP contribution in [0.5, 0.6) is 0 Å². The molecule has 0 aliphatic heterocycles. The van der Waals surface area contributed by atoms with E-state index < -0.39 is 0 Å². The van der Waals surface area contributed by atoms with Crippen molar-refractivity contribution in [3.05, 3.63) is 35.1 Å². The van der Waals surface area contributed by atoms with Crippen LogP contribution in [-0.4, -0.2) is 38.5 Å². The standard InChI is InChI=1S/C16H27FN4/c1-12(2)9-19-16(18-3)20-10-13-6-7-15(17)14(8-13)11-21(4)5/h6-8,12H,9-11H2,1-5H3,(H2,18,19,20). The lowest BCUT2D eigenvalue weighted by atomic mass is 10.1. The number of aliphatic imine (C=N–C) groups is 1. The molecule has 0 atom stereocenters. The SMILES string of the molecule is CN=C(NCc1ccc(F)c(CN(C)C)c1)NCC(C)C. The van der Waals surface area contributed by atoms with Crippen molar-refractivity contribution in [2.24, 2.45) is 10.9 Å². The van der Waals surface area contributed by atoms with Gasteiger partial charge < -0.3 is 15.5 Å². The van der Waals surface area contributed by atoms with E-state index in [1.54, 1.807) is 13.1 Å². The highest BCUT2D eigenvalue weighted by molar-refractivity contribution is 5.79. The van der Waals surface area contributed by atoms with Crippen LogP contribution in [0.2, 0.25) is 0 Å². The maximum absolute atomic E-state index is 13.7. The van der Waals surface area contributed by atoms with E-state index in [1.165, 1.54) is 6.07 Å². The van der Waals surface area contributed by atoms with Crippen LogP contribution in [0.15, 0.2) is 23.2 Å². The summed E-state index contributed by atoms with van der Waals surface area (Å²) in [6.07, 6.45) is 0. The van der Waals surface area contributed by atoms with Crippen LogP contribution in [0.3, 0.4) is 0 Å². The van der Waals surface area contributed by atoms with Crippen LogP contribution in [0.4, 0.5) is 4.39 Å². The average molecular weight is 294 g/mol. The molecule has 0 saturated carbocycles. The van der Waals surface area contributed by atoms with Gasteiger partial charge in [-0.15, -0.1) is 0 Å². The molecule has 118 valence electrons. The number of rotatable bonds is 6. The molecule has 1 rings (SSSR count). The normalized spacial score (nSPS) is 12.1. The minimum absolute atomic E-state index is 0.158. The predicted octanol–water partition coefficient (Wildman–Crippen LogP) is 2.21. The lowest BCUT2D eigenvalue weighted by molar-refractivity contribution is 0.392. The molecule has 0 spiro atoms. The molecule has 0 unspecified atom stereocenters. The van der Waals surface area contributed by atoms with Gasteiger partial charge in [-0.05, 0) is 37.7 Å². The van der Waals surface area contributed by atoms with Gasteiger partial charge in [0.1, 0.15) is 5.82 Å². The van der Waals surface area contributed by atoms with Crippen LogP contribution in [0.1, 0.15) is 25.0 Å². The predicted molar refractivity (Wildman–Crippen MR) is 86.8 cm³/mol. The first-order chi connectivity index (χ1) is 9.92. The lowest BCUT2D eigenvalue weighted by Crippen LogP contribution is -2.38. The Morgan fingerprint density at radius 2 is 2.00 bits per heavy atom. The monoisotopic (exact) mass is 294 g/mol. The number of hydrogen-bond donors (Lipinski definition) is 2. The molecule has 0 heterocycles. The second kappa shape index (κ2) is 8.62. The van der Waals surface area contributed by atoms with E-state index >= 15 is 0 Å². The highest BCUT2D eigenvalue weighted by atomic mass is 19.1. The molecular formula is C16H27FN4. The third kappa shape index (κ3) is 6.58. The summed E-state index contributed by atoms with van der Waals surface area (Å²) in [5.41, 5.74) is 1.75. The van der Waals surface area contributed by atoms with Gasteiger partial charge in [0.25, 0.3) is 0 Å². The number of halogens is 1. The van der Waals surface area contributed by atoms with Gasteiger partial charge in [-0.2, -0.15) is 0 Å². The van der Waals surface area contributed by atoms with Crippen molar-refractivity contribution in [2.45, 2.75) is 26.9 Å². The van der Waals surface area contributed by atoms with E-state index in [-0.39, 0.29) is 5.82 Å². The summed E-state index contributed by atoms with van der Waals surface area (Å²) < 4.78 is 13.7. The van der Waals surface area contributed by atoms with Crippen molar-refractivity contribution in [1.29, 1.82) is 0 Å². The van der Waals surface area contributed by atoms with E-state index in [0.29, 0.717) is 24.6 Å². The molecule has 0 bridgehead atoms. The molecule has 0 saturated heterocycles. The Morgan fingerprint density at radius 3 is 2.57 bits per heavy atom. The maximum atomic E-state index is 13.7. The Balaban J connectivity index is 2.62. The summed E-state index contributed by atoms with van der Waals surface area (Å²) in [4.78, 5) is 6.13. The molecule has 4 nitrogen and oxygen atoms in total. The van der Waals surface area contributed by atoms with Gasteiger partial charge in [0.05, 0.1) is 0 Å². The fourth-order valence-corrected chi connectivity index (χ4v) is 1.91. The van der Waals surface area contributed by atoms with Crippen LogP contribution in [0, 0.1) is 11.7 Å². The van der Waals surface area contributed by atoms with Crippen molar-refractivity contribution in [3.8, 4) is 0 Å². The highest BCUT2D eigenvalue weighted by Gasteiger charge is 2.06. The summed E-state index contributed by atoms with van der Waals surface area (Å²) in [6, 6.07) is 5.23. The average Bonchev–Trinajstić information content (AvgIpc) is 2.41. The quantitative estimate of drug-likeness (QED) is 0.624. The fourth-order valence-electron chi connectivity index (χ4n) is 1.91. The molecule has 0 aromatic heterocycles. The zero-order valence-corrected chi connectivity index (χ0v) is 13.7. The molecular weight excluding hydrogens is 267 g/mol. The van der Waals surface area contributed by atoms with Crippen LogP contribution < -0.4 is 10.6 Å². The maximum Gasteiger partial charge on any atom is 0.191 e. The molecule has 21 heavy (non-hydrogen) atoms. The highest BCUT2D eigenvalue weighted by Crippen LogP contribution is 2.12. The second-order valence-electron chi connectivity index (χ2n) is 5.86. The fraction of sp³-hybridized carbons (Fsp3) is 0.562. The number of guanidine groups is 1. The summed E-state index contributed by atoms with van der Waals surface area (Å²) in [6.45, 7) is 6.38. The van der Waals surface area contributed by atoms with E-state index in [9.17, 15) is 4.39 Å². The summed E-state index contributed by atoms with van der Waals surface area (Å²) >= 11 is 0. The molecule has 0 aliphatic rings. The molecule has 0 aliphatic carbocycles. The molecule has 0 amide bonds. The van der Waals surface area contributed by atoms with Gasteiger partial charge in [0, 0.05) is 32.2 Å². The first-order valence-corrected chi connectivity index (χ1v) is 7.29. The first-order valence-electron chi connectivity index (χ1n) is 7.29.